The van der Waals surface area contributed by atoms with Crippen LogP contribution in [0.4, 0.5) is 5.69 Å². The third-order valence-corrected chi connectivity index (χ3v) is 2.99. The van der Waals surface area contributed by atoms with Crippen molar-refractivity contribution in [2.24, 2.45) is 0 Å². The van der Waals surface area contributed by atoms with Gasteiger partial charge in [0.15, 0.2) is 0 Å². The third-order valence-electron chi connectivity index (χ3n) is 2.99. The molecular weight excluding hydrogens is 276 g/mol. The van der Waals surface area contributed by atoms with Crippen molar-refractivity contribution in [3.63, 3.8) is 0 Å². The van der Waals surface area contributed by atoms with Crippen LogP contribution in [0.3, 0.4) is 0 Å². The molecule has 1 N–H and O–H groups in total. The molecule has 1 heterocycles. The van der Waals surface area contributed by atoms with Crippen molar-refractivity contribution in [1.29, 1.82) is 0 Å². The van der Waals surface area contributed by atoms with Crippen LogP contribution in [-0.2, 0) is 13.1 Å². The zero-order chi connectivity index (χ0) is 15.4. The second-order valence-corrected chi connectivity index (χ2v) is 4.63. The number of hydrogen-bond acceptors (Lipinski definition) is 5. The van der Waals surface area contributed by atoms with Gasteiger partial charge in [-0.25, -0.2) is 4.79 Å². The summed E-state index contributed by atoms with van der Waals surface area (Å²) in [7, 11) is 1.78. The van der Waals surface area contributed by atoms with E-state index in [2.05, 4.69) is 0 Å². The number of benzene rings is 1. The quantitative estimate of drug-likeness (QED) is 0.648. The fraction of sp³-hybridized carbons (Fsp3) is 0.214. The molecule has 2 aromatic rings. The summed E-state index contributed by atoms with van der Waals surface area (Å²) in [5, 5.41) is 20.2. The van der Waals surface area contributed by atoms with Crippen molar-refractivity contribution in [3.05, 3.63) is 63.6 Å². The van der Waals surface area contributed by atoms with E-state index in [-0.39, 0.29) is 12.1 Å². The molecular formula is C14H14N2O5. The van der Waals surface area contributed by atoms with Crippen molar-refractivity contribution in [3.8, 4) is 0 Å². The molecule has 0 amide bonds. The predicted molar refractivity (Wildman–Crippen MR) is 73.9 cm³/mol. The first-order chi connectivity index (χ1) is 9.99. The number of carbonyl (C=O) groups is 1. The minimum absolute atomic E-state index is 0.268. The van der Waals surface area contributed by atoms with Gasteiger partial charge in [-0.1, -0.05) is 12.1 Å². The molecule has 0 bridgehead atoms. The van der Waals surface area contributed by atoms with Crippen LogP contribution >= 0.6 is 0 Å². The lowest BCUT2D eigenvalue weighted by Crippen LogP contribution is -2.19. The van der Waals surface area contributed by atoms with E-state index in [0.29, 0.717) is 12.1 Å². The number of furan rings is 1. The Kier molecular flexibility index (Phi) is 4.34. The SMILES string of the molecule is CN(Cc1ccco1)Cc1cccc([N+](=O)[O-])c1C(=O)O. The summed E-state index contributed by atoms with van der Waals surface area (Å²) in [6.07, 6.45) is 1.55. The van der Waals surface area contributed by atoms with E-state index in [0.717, 1.165) is 5.76 Å². The largest absolute Gasteiger partial charge is 0.477 e. The molecule has 1 aromatic heterocycles. The highest BCUT2D eigenvalue weighted by Crippen LogP contribution is 2.23. The molecule has 0 spiro atoms. The lowest BCUT2D eigenvalue weighted by atomic mass is 10.0. The summed E-state index contributed by atoms with van der Waals surface area (Å²) in [6.45, 7) is 0.749. The molecule has 2 rings (SSSR count). The normalized spacial score (nSPS) is 10.8. The van der Waals surface area contributed by atoms with Crippen LogP contribution in [-0.4, -0.2) is 27.9 Å². The van der Waals surface area contributed by atoms with E-state index < -0.39 is 16.6 Å². The van der Waals surface area contributed by atoms with Gasteiger partial charge in [0.05, 0.1) is 17.7 Å². The number of carboxylic acids is 1. The van der Waals surface area contributed by atoms with Crippen LogP contribution in [0.15, 0.2) is 41.0 Å². The van der Waals surface area contributed by atoms with Crippen molar-refractivity contribution in [1.82, 2.24) is 4.90 Å². The smallest absolute Gasteiger partial charge is 0.343 e. The van der Waals surface area contributed by atoms with E-state index in [9.17, 15) is 20.0 Å². The highest BCUT2D eigenvalue weighted by atomic mass is 16.6. The zero-order valence-electron chi connectivity index (χ0n) is 11.4. The third kappa shape index (κ3) is 3.46. The molecule has 110 valence electrons. The lowest BCUT2D eigenvalue weighted by molar-refractivity contribution is -0.385. The highest BCUT2D eigenvalue weighted by Gasteiger charge is 2.23. The highest BCUT2D eigenvalue weighted by molar-refractivity contribution is 5.94. The van der Waals surface area contributed by atoms with E-state index in [4.69, 9.17) is 4.42 Å². The van der Waals surface area contributed by atoms with E-state index >= 15 is 0 Å². The maximum absolute atomic E-state index is 11.3. The second kappa shape index (κ2) is 6.19. The molecule has 0 aliphatic carbocycles. The Hall–Kier alpha value is -2.67. The minimum atomic E-state index is -1.30. The summed E-state index contributed by atoms with van der Waals surface area (Å²) in [6, 6.07) is 7.83. The van der Waals surface area contributed by atoms with E-state index in [1.54, 1.807) is 25.4 Å². The first kappa shape index (κ1) is 14.7. The van der Waals surface area contributed by atoms with Gasteiger partial charge < -0.3 is 9.52 Å². The molecule has 0 aliphatic rings. The molecule has 0 fully saturated rings. The Bertz CT molecular complexity index is 651. The summed E-state index contributed by atoms with van der Waals surface area (Å²) in [5.41, 5.74) is -0.272. The Morgan fingerprint density at radius 2 is 2.10 bits per heavy atom. The van der Waals surface area contributed by atoms with Crippen LogP contribution in [0.1, 0.15) is 21.7 Å². The van der Waals surface area contributed by atoms with Crippen molar-refractivity contribution >= 4 is 11.7 Å². The summed E-state index contributed by atoms with van der Waals surface area (Å²) in [5.74, 6) is -0.566. The molecule has 7 heteroatoms. The van der Waals surface area contributed by atoms with Crippen molar-refractivity contribution in [2.45, 2.75) is 13.1 Å². The maximum atomic E-state index is 11.3. The maximum Gasteiger partial charge on any atom is 0.343 e. The van der Waals surface area contributed by atoms with Crippen LogP contribution in [0.2, 0.25) is 0 Å². The molecule has 0 radical (unpaired) electrons. The van der Waals surface area contributed by atoms with Crippen molar-refractivity contribution in [2.75, 3.05) is 7.05 Å². The van der Waals surface area contributed by atoms with Gasteiger partial charge in [0.1, 0.15) is 11.3 Å². The molecule has 1 aromatic carbocycles. The number of nitrogens with zero attached hydrogens (tertiary/aromatic N) is 2. The molecule has 7 nitrogen and oxygen atoms in total. The fourth-order valence-electron chi connectivity index (χ4n) is 2.13. The molecule has 0 aliphatic heterocycles. The number of hydrogen-bond donors (Lipinski definition) is 1. The Morgan fingerprint density at radius 1 is 1.33 bits per heavy atom. The molecule has 0 unspecified atom stereocenters. The average molecular weight is 290 g/mol. The molecule has 21 heavy (non-hydrogen) atoms. The monoisotopic (exact) mass is 290 g/mol. The Labute approximate surface area is 120 Å². The van der Waals surface area contributed by atoms with Crippen molar-refractivity contribution < 1.29 is 19.2 Å². The zero-order valence-corrected chi connectivity index (χ0v) is 11.4. The van der Waals surface area contributed by atoms with Gasteiger partial charge in [-0.3, -0.25) is 15.0 Å². The topological polar surface area (TPSA) is 96.8 Å². The lowest BCUT2D eigenvalue weighted by Gasteiger charge is -2.16. The fourth-order valence-corrected chi connectivity index (χ4v) is 2.13. The molecule has 0 saturated carbocycles. The van der Waals surface area contributed by atoms with Crippen LogP contribution in [0.25, 0.3) is 0 Å². The Balaban J connectivity index is 2.25. The average Bonchev–Trinajstić information content (AvgIpc) is 2.90. The van der Waals surface area contributed by atoms with Gasteiger partial charge >= 0.3 is 5.97 Å². The summed E-state index contributed by atoms with van der Waals surface area (Å²) < 4.78 is 5.22. The number of nitro groups is 1. The van der Waals surface area contributed by atoms with Gasteiger partial charge in [-0.15, -0.1) is 0 Å². The second-order valence-electron chi connectivity index (χ2n) is 4.63. The summed E-state index contributed by atoms with van der Waals surface area (Å²) >= 11 is 0. The Morgan fingerprint density at radius 3 is 2.67 bits per heavy atom. The minimum Gasteiger partial charge on any atom is -0.477 e. The first-order valence-corrected chi connectivity index (χ1v) is 6.19. The molecule has 0 atom stereocenters. The van der Waals surface area contributed by atoms with Gasteiger partial charge in [0.2, 0.25) is 0 Å². The van der Waals surface area contributed by atoms with Gasteiger partial charge in [-0.2, -0.15) is 0 Å². The van der Waals surface area contributed by atoms with Gasteiger partial charge in [0, 0.05) is 12.6 Å². The number of nitro benzene ring substituents is 1. The van der Waals surface area contributed by atoms with Crippen LogP contribution < -0.4 is 0 Å². The summed E-state index contributed by atoms with van der Waals surface area (Å²) in [4.78, 5) is 23.4. The van der Waals surface area contributed by atoms with E-state index in [1.165, 1.54) is 12.1 Å². The number of carboxylic acid groups (broad SMARTS) is 1. The van der Waals surface area contributed by atoms with Gasteiger partial charge in [0.25, 0.3) is 5.69 Å². The standard InChI is InChI=1S/C14H14N2O5/c1-15(9-11-5-3-7-21-11)8-10-4-2-6-12(16(19)20)13(10)14(17)18/h2-7H,8-9H2,1H3,(H,17,18). The van der Waals surface area contributed by atoms with Crippen LogP contribution in [0, 0.1) is 10.1 Å². The first-order valence-electron chi connectivity index (χ1n) is 6.19. The van der Waals surface area contributed by atoms with E-state index in [1.807, 2.05) is 11.0 Å². The predicted octanol–water partition coefficient (Wildman–Crippen LogP) is 2.52. The molecule has 0 saturated heterocycles. The number of aromatic carboxylic acids is 1. The van der Waals surface area contributed by atoms with Gasteiger partial charge in [-0.05, 0) is 24.7 Å². The van der Waals surface area contributed by atoms with Crippen LogP contribution in [0.5, 0.6) is 0 Å². The number of rotatable bonds is 6.